The molecular weight excluding hydrogens is 266 g/mol. The highest BCUT2D eigenvalue weighted by atomic mass is 16.2. The fourth-order valence-corrected chi connectivity index (χ4v) is 2.33. The van der Waals surface area contributed by atoms with E-state index in [1.807, 2.05) is 37.3 Å². The molecule has 0 saturated heterocycles. The number of rotatable bonds is 3. The zero-order chi connectivity index (χ0) is 15.0. The second kappa shape index (κ2) is 5.06. The molecule has 0 unspecified atom stereocenters. The van der Waals surface area contributed by atoms with Gasteiger partial charge < -0.3 is 0 Å². The summed E-state index contributed by atoms with van der Waals surface area (Å²) in [5, 5.41) is 9.08. The van der Waals surface area contributed by atoms with Gasteiger partial charge in [-0.3, -0.25) is 13.9 Å². The third kappa shape index (κ3) is 2.52. The van der Waals surface area contributed by atoms with Gasteiger partial charge in [-0.25, -0.2) is 4.79 Å². The third-order valence-corrected chi connectivity index (χ3v) is 3.72. The summed E-state index contributed by atoms with van der Waals surface area (Å²) in [5.74, 6) is 0. The van der Waals surface area contributed by atoms with Gasteiger partial charge in [0.1, 0.15) is 11.6 Å². The van der Waals surface area contributed by atoms with E-state index in [1.54, 1.807) is 0 Å². The summed E-state index contributed by atoms with van der Waals surface area (Å²) in [4.78, 5) is 24.6. The maximum Gasteiger partial charge on any atom is 0.331 e. The first-order valence-corrected chi connectivity index (χ1v) is 6.92. The molecule has 21 heavy (non-hydrogen) atoms. The van der Waals surface area contributed by atoms with E-state index in [0.29, 0.717) is 0 Å². The molecule has 0 amide bonds. The highest BCUT2D eigenvalue weighted by Gasteiger charge is 2.26. The molecule has 1 heterocycles. The normalized spacial score (nSPS) is 13.9. The number of nitrogens with zero attached hydrogens (tertiary/aromatic N) is 3. The van der Waals surface area contributed by atoms with Crippen LogP contribution in [0.4, 0.5) is 0 Å². The molecule has 1 aliphatic rings. The lowest BCUT2D eigenvalue weighted by Crippen LogP contribution is -2.40. The van der Waals surface area contributed by atoms with Crippen LogP contribution in [0.2, 0.25) is 0 Å². The first-order valence-electron chi connectivity index (χ1n) is 6.92. The van der Waals surface area contributed by atoms with Crippen molar-refractivity contribution >= 4 is 0 Å². The molecule has 0 atom stereocenters. The minimum Gasteiger partial charge on any atom is -0.296 e. The van der Waals surface area contributed by atoms with Crippen LogP contribution in [0.3, 0.4) is 0 Å². The van der Waals surface area contributed by atoms with Crippen LogP contribution in [0.25, 0.3) is 0 Å². The van der Waals surface area contributed by atoms with Crippen molar-refractivity contribution in [2.75, 3.05) is 0 Å². The highest BCUT2D eigenvalue weighted by molar-refractivity contribution is 5.25. The Kier molecular flexibility index (Phi) is 3.22. The topological polar surface area (TPSA) is 67.8 Å². The first kappa shape index (κ1) is 13.4. The molecule has 1 aliphatic carbocycles. The highest BCUT2D eigenvalue weighted by Crippen LogP contribution is 2.33. The summed E-state index contributed by atoms with van der Waals surface area (Å²) in [6.45, 7) is 2.17. The molecule has 0 aliphatic heterocycles. The van der Waals surface area contributed by atoms with Crippen molar-refractivity contribution in [1.29, 1.82) is 5.26 Å². The fraction of sp³-hybridized carbons (Fsp3) is 0.312. The van der Waals surface area contributed by atoms with Gasteiger partial charge in [-0.05, 0) is 25.3 Å². The number of nitriles is 1. The number of benzene rings is 1. The lowest BCUT2D eigenvalue weighted by molar-refractivity contribution is 0.588. The Morgan fingerprint density at radius 2 is 1.90 bits per heavy atom. The molecule has 1 fully saturated rings. The van der Waals surface area contributed by atoms with Gasteiger partial charge in [-0.15, -0.1) is 0 Å². The SMILES string of the molecule is Cc1ccc(Cn2c(=O)c(C#N)cn(C3CC3)c2=O)cc1. The van der Waals surface area contributed by atoms with Gasteiger partial charge in [0, 0.05) is 12.2 Å². The predicted octanol–water partition coefficient (Wildman–Crippen LogP) is 1.57. The van der Waals surface area contributed by atoms with Crippen molar-refractivity contribution in [3.63, 3.8) is 0 Å². The third-order valence-electron chi connectivity index (χ3n) is 3.72. The van der Waals surface area contributed by atoms with Crippen molar-refractivity contribution in [3.05, 3.63) is 68.0 Å². The molecule has 1 aromatic heterocycles. The minimum atomic E-state index is -0.514. The fourth-order valence-electron chi connectivity index (χ4n) is 2.33. The van der Waals surface area contributed by atoms with E-state index in [4.69, 9.17) is 5.26 Å². The van der Waals surface area contributed by atoms with Crippen LogP contribution in [0.1, 0.15) is 35.6 Å². The number of hydrogen-bond acceptors (Lipinski definition) is 3. The van der Waals surface area contributed by atoms with Crippen molar-refractivity contribution in [2.24, 2.45) is 0 Å². The van der Waals surface area contributed by atoms with E-state index in [-0.39, 0.29) is 23.8 Å². The molecule has 0 bridgehead atoms. The second-order valence-electron chi connectivity index (χ2n) is 5.45. The minimum absolute atomic E-state index is 0.0219. The van der Waals surface area contributed by atoms with Gasteiger partial charge in [-0.1, -0.05) is 29.8 Å². The summed E-state index contributed by atoms with van der Waals surface area (Å²) in [5.41, 5.74) is 1.17. The Balaban J connectivity index is 2.10. The van der Waals surface area contributed by atoms with E-state index in [9.17, 15) is 9.59 Å². The smallest absolute Gasteiger partial charge is 0.296 e. The molecule has 5 heteroatoms. The molecule has 3 rings (SSSR count). The van der Waals surface area contributed by atoms with Crippen LogP contribution >= 0.6 is 0 Å². The monoisotopic (exact) mass is 281 g/mol. The Morgan fingerprint density at radius 1 is 1.24 bits per heavy atom. The molecule has 1 aromatic carbocycles. The molecule has 5 nitrogen and oxygen atoms in total. The number of hydrogen-bond donors (Lipinski definition) is 0. The average molecular weight is 281 g/mol. The Bertz CT molecular complexity index is 834. The molecule has 2 aromatic rings. The summed E-state index contributed by atoms with van der Waals surface area (Å²) < 4.78 is 2.68. The van der Waals surface area contributed by atoms with Crippen LogP contribution in [0.5, 0.6) is 0 Å². The van der Waals surface area contributed by atoms with Gasteiger partial charge in [0.2, 0.25) is 0 Å². The number of aromatic nitrogens is 2. The average Bonchev–Trinajstić information content (AvgIpc) is 3.30. The summed E-state index contributed by atoms with van der Waals surface area (Å²) in [7, 11) is 0. The lowest BCUT2D eigenvalue weighted by Gasteiger charge is -2.10. The second-order valence-corrected chi connectivity index (χ2v) is 5.45. The Morgan fingerprint density at radius 3 is 2.48 bits per heavy atom. The Labute approximate surface area is 121 Å². The predicted molar refractivity (Wildman–Crippen MR) is 78.2 cm³/mol. The standard InChI is InChI=1S/C16H15N3O2/c1-11-2-4-12(5-3-11)9-19-15(20)13(8-17)10-18(16(19)21)14-6-7-14/h2-5,10,14H,6-7,9H2,1H3. The van der Waals surface area contributed by atoms with Gasteiger partial charge in [0.05, 0.1) is 6.54 Å². The summed E-state index contributed by atoms with van der Waals surface area (Å²) in [6, 6.07) is 9.68. The van der Waals surface area contributed by atoms with Crippen molar-refractivity contribution in [2.45, 2.75) is 32.4 Å². The zero-order valence-corrected chi connectivity index (χ0v) is 11.7. The van der Waals surface area contributed by atoms with Crippen molar-refractivity contribution < 1.29 is 0 Å². The molecule has 0 N–H and O–H groups in total. The summed E-state index contributed by atoms with van der Waals surface area (Å²) >= 11 is 0. The van der Waals surface area contributed by atoms with Crippen LogP contribution in [0.15, 0.2) is 40.1 Å². The van der Waals surface area contributed by atoms with E-state index in [1.165, 1.54) is 10.8 Å². The van der Waals surface area contributed by atoms with E-state index in [2.05, 4.69) is 0 Å². The molecular formula is C16H15N3O2. The van der Waals surface area contributed by atoms with E-state index < -0.39 is 5.56 Å². The van der Waals surface area contributed by atoms with E-state index >= 15 is 0 Å². The molecule has 1 saturated carbocycles. The quantitative estimate of drug-likeness (QED) is 0.857. The molecule has 0 spiro atoms. The van der Waals surface area contributed by atoms with Crippen molar-refractivity contribution in [3.8, 4) is 6.07 Å². The lowest BCUT2D eigenvalue weighted by atomic mass is 10.1. The van der Waals surface area contributed by atoms with Gasteiger partial charge in [0.25, 0.3) is 5.56 Å². The van der Waals surface area contributed by atoms with Crippen LogP contribution < -0.4 is 11.2 Å². The first-order chi connectivity index (χ1) is 10.1. The van der Waals surface area contributed by atoms with Crippen LogP contribution in [-0.4, -0.2) is 9.13 Å². The zero-order valence-electron chi connectivity index (χ0n) is 11.7. The maximum atomic E-state index is 12.4. The van der Waals surface area contributed by atoms with E-state index in [0.717, 1.165) is 28.5 Å². The molecule has 106 valence electrons. The van der Waals surface area contributed by atoms with Gasteiger partial charge in [0.15, 0.2) is 0 Å². The van der Waals surface area contributed by atoms with Crippen LogP contribution in [0, 0.1) is 18.3 Å². The Hall–Kier alpha value is -2.61. The van der Waals surface area contributed by atoms with Crippen molar-refractivity contribution in [1.82, 2.24) is 9.13 Å². The largest absolute Gasteiger partial charge is 0.331 e. The number of aryl methyl sites for hydroxylation is 1. The van der Waals surface area contributed by atoms with Gasteiger partial charge >= 0.3 is 5.69 Å². The van der Waals surface area contributed by atoms with Gasteiger partial charge in [-0.2, -0.15) is 5.26 Å². The maximum absolute atomic E-state index is 12.4. The molecule has 0 radical (unpaired) electrons. The summed E-state index contributed by atoms with van der Waals surface area (Å²) in [6.07, 6.45) is 3.25. The van der Waals surface area contributed by atoms with Crippen LogP contribution in [-0.2, 0) is 6.54 Å².